The second kappa shape index (κ2) is 6.91. The molecule has 0 unspecified atom stereocenters. The van der Waals surface area contributed by atoms with Crippen molar-refractivity contribution in [3.8, 4) is 0 Å². The van der Waals surface area contributed by atoms with Crippen molar-refractivity contribution in [2.75, 3.05) is 13.1 Å². The summed E-state index contributed by atoms with van der Waals surface area (Å²) in [5.74, 6) is -0.709. The summed E-state index contributed by atoms with van der Waals surface area (Å²) in [6, 6.07) is 14.9. The van der Waals surface area contributed by atoms with E-state index in [1.165, 1.54) is 0 Å². The Bertz CT molecular complexity index is 1020. The summed E-state index contributed by atoms with van der Waals surface area (Å²) < 4.78 is 2.02. The summed E-state index contributed by atoms with van der Waals surface area (Å²) in [5, 5.41) is 10.2. The molecule has 5 nitrogen and oxygen atoms in total. The van der Waals surface area contributed by atoms with Crippen molar-refractivity contribution in [3.63, 3.8) is 0 Å². The minimum Gasteiger partial charge on any atom is -0.478 e. The largest absolute Gasteiger partial charge is 0.478 e. The van der Waals surface area contributed by atoms with Crippen LogP contribution in [0, 0.1) is 0 Å². The van der Waals surface area contributed by atoms with Crippen LogP contribution < -0.4 is 0 Å². The molecule has 2 heterocycles. The van der Waals surface area contributed by atoms with Crippen LogP contribution in [0.25, 0.3) is 10.9 Å². The topological polar surface area (TPSA) is 62.5 Å². The van der Waals surface area contributed by atoms with Gasteiger partial charge in [-0.3, -0.25) is 4.79 Å². The van der Waals surface area contributed by atoms with Crippen LogP contribution in [0.15, 0.2) is 54.7 Å². The van der Waals surface area contributed by atoms with Crippen LogP contribution in [0.1, 0.15) is 45.0 Å². The van der Waals surface area contributed by atoms with Crippen molar-refractivity contribution < 1.29 is 14.7 Å². The van der Waals surface area contributed by atoms with Crippen molar-refractivity contribution in [1.82, 2.24) is 9.47 Å². The van der Waals surface area contributed by atoms with Crippen molar-refractivity contribution in [2.24, 2.45) is 7.05 Å². The molecule has 1 N–H and O–H groups in total. The first-order chi connectivity index (χ1) is 13.0. The first-order valence-corrected chi connectivity index (χ1v) is 9.21. The van der Waals surface area contributed by atoms with Crippen LogP contribution in [-0.4, -0.2) is 39.5 Å². The molecule has 1 saturated heterocycles. The van der Waals surface area contributed by atoms with Gasteiger partial charge in [0.05, 0.1) is 5.56 Å². The number of rotatable bonds is 3. The van der Waals surface area contributed by atoms with Crippen LogP contribution in [0.3, 0.4) is 0 Å². The third kappa shape index (κ3) is 3.21. The van der Waals surface area contributed by atoms with Gasteiger partial charge in [-0.1, -0.05) is 18.2 Å². The number of carbonyl (C=O) groups excluding carboxylic acids is 1. The highest BCUT2D eigenvalue weighted by atomic mass is 16.4. The summed E-state index contributed by atoms with van der Waals surface area (Å²) in [6.07, 6.45) is 3.85. The molecule has 0 saturated carbocycles. The molecule has 0 spiro atoms. The van der Waals surface area contributed by atoms with Crippen LogP contribution in [0.5, 0.6) is 0 Å². The summed E-state index contributed by atoms with van der Waals surface area (Å²) in [5.41, 5.74) is 3.06. The van der Waals surface area contributed by atoms with E-state index in [1.807, 2.05) is 53.0 Å². The molecule has 138 valence electrons. The maximum Gasteiger partial charge on any atom is 0.335 e. The first kappa shape index (κ1) is 17.3. The number of carboxylic acids is 1. The van der Waals surface area contributed by atoms with Gasteiger partial charge in [-0.05, 0) is 48.7 Å². The number of aryl methyl sites for hydroxylation is 1. The number of nitrogens with zero attached hydrogens (tertiary/aromatic N) is 2. The van der Waals surface area contributed by atoms with Crippen LogP contribution in [0.2, 0.25) is 0 Å². The van der Waals surface area contributed by atoms with Gasteiger partial charge in [0, 0.05) is 48.7 Å². The van der Waals surface area contributed by atoms with Gasteiger partial charge in [0.25, 0.3) is 5.91 Å². The predicted molar refractivity (Wildman–Crippen MR) is 104 cm³/mol. The molecule has 27 heavy (non-hydrogen) atoms. The minimum absolute atomic E-state index is 0.0471. The third-order valence-corrected chi connectivity index (χ3v) is 5.47. The van der Waals surface area contributed by atoms with Crippen molar-refractivity contribution in [2.45, 2.75) is 18.8 Å². The summed E-state index contributed by atoms with van der Waals surface area (Å²) in [4.78, 5) is 26.4. The van der Waals surface area contributed by atoms with Gasteiger partial charge >= 0.3 is 5.97 Å². The molecule has 1 fully saturated rings. The van der Waals surface area contributed by atoms with E-state index in [1.54, 1.807) is 18.2 Å². The number of hydrogen-bond acceptors (Lipinski definition) is 2. The molecule has 4 rings (SSSR count). The van der Waals surface area contributed by atoms with Gasteiger partial charge in [-0.25, -0.2) is 4.79 Å². The highest BCUT2D eigenvalue weighted by Crippen LogP contribution is 2.29. The Morgan fingerprint density at radius 3 is 2.74 bits per heavy atom. The predicted octanol–water partition coefficient (Wildman–Crippen LogP) is 3.90. The molecule has 1 aromatic heterocycles. The number of hydrogen-bond donors (Lipinski definition) is 1. The van der Waals surface area contributed by atoms with Crippen molar-refractivity contribution in [1.29, 1.82) is 0 Å². The number of amides is 1. The van der Waals surface area contributed by atoms with Gasteiger partial charge in [-0.2, -0.15) is 0 Å². The molecule has 0 aliphatic carbocycles. The zero-order valence-corrected chi connectivity index (χ0v) is 15.3. The number of aromatic carboxylic acids is 1. The van der Waals surface area contributed by atoms with Crippen molar-refractivity contribution in [3.05, 3.63) is 71.4 Å². The van der Waals surface area contributed by atoms with Crippen LogP contribution in [0.4, 0.5) is 0 Å². The lowest BCUT2D eigenvalue weighted by Crippen LogP contribution is -2.39. The second-order valence-corrected chi connectivity index (χ2v) is 7.19. The molecule has 0 bridgehead atoms. The molecule has 2 aromatic carbocycles. The minimum atomic E-state index is -0.920. The van der Waals surface area contributed by atoms with E-state index in [-0.39, 0.29) is 11.8 Å². The molecule has 1 aliphatic rings. The fraction of sp³-hybridized carbons (Fsp3) is 0.273. The third-order valence-electron chi connectivity index (χ3n) is 5.47. The summed E-state index contributed by atoms with van der Waals surface area (Å²) in [6.45, 7) is 1.35. The average molecular weight is 362 g/mol. The first-order valence-electron chi connectivity index (χ1n) is 9.21. The van der Waals surface area contributed by atoms with E-state index in [4.69, 9.17) is 0 Å². The molecule has 1 atom stereocenters. The Hall–Kier alpha value is -3.08. The molecular formula is C22H22N2O3. The van der Waals surface area contributed by atoms with E-state index in [0.717, 1.165) is 41.4 Å². The molecule has 3 aromatic rings. The molecule has 1 amide bonds. The summed E-state index contributed by atoms with van der Waals surface area (Å²) in [7, 11) is 1.98. The quantitative estimate of drug-likeness (QED) is 0.769. The number of fused-ring (bicyclic) bond motifs is 1. The number of carbonyl (C=O) groups is 2. The molecule has 1 aliphatic heterocycles. The van der Waals surface area contributed by atoms with E-state index >= 15 is 0 Å². The highest BCUT2D eigenvalue weighted by molar-refractivity contribution is 6.06. The van der Waals surface area contributed by atoms with E-state index in [9.17, 15) is 14.7 Å². The van der Waals surface area contributed by atoms with E-state index in [0.29, 0.717) is 12.1 Å². The monoisotopic (exact) mass is 362 g/mol. The van der Waals surface area contributed by atoms with E-state index < -0.39 is 5.97 Å². The normalized spacial score (nSPS) is 17.2. The lowest BCUT2D eigenvalue weighted by atomic mass is 9.89. The number of carboxylic acid groups (broad SMARTS) is 1. The standard InChI is InChI=1S/C22H22N2O3/c1-23-12-10-18-19(8-3-9-20(18)23)21(25)24-11-4-7-17(14-24)15-5-2-6-16(13-15)22(26)27/h2-3,5-6,8-10,12-13,17H,4,7,11,14H2,1H3,(H,26,27)/t17-/m1/s1. The molecule has 5 heteroatoms. The van der Waals surface area contributed by atoms with E-state index in [2.05, 4.69) is 0 Å². The fourth-order valence-corrected chi connectivity index (χ4v) is 4.02. The number of aromatic nitrogens is 1. The second-order valence-electron chi connectivity index (χ2n) is 7.19. The maximum absolute atomic E-state index is 13.2. The van der Waals surface area contributed by atoms with Crippen molar-refractivity contribution >= 4 is 22.8 Å². The molecule has 0 radical (unpaired) electrons. The maximum atomic E-state index is 13.2. The highest BCUT2D eigenvalue weighted by Gasteiger charge is 2.27. The number of benzene rings is 2. The zero-order chi connectivity index (χ0) is 19.0. The lowest BCUT2D eigenvalue weighted by molar-refractivity contribution is 0.0688. The van der Waals surface area contributed by atoms with Crippen LogP contribution in [-0.2, 0) is 7.05 Å². The Kier molecular flexibility index (Phi) is 4.44. The zero-order valence-electron chi connectivity index (χ0n) is 15.3. The van der Waals surface area contributed by atoms with Gasteiger partial charge < -0.3 is 14.6 Å². The Morgan fingerprint density at radius 2 is 1.93 bits per heavy atom. The smallest absolute Gasteiger partial charge is 0.335 e. The Morgan fingerprint density at radius 1 is 1.11 bits per heavy atom. The van der Waals surface area contributed by atoms with Crippen LogP contribution >= 0.6 is 0 Å². The Labute approximate surface area is 157 Å². The van der Waals surface area contributed by atoms with Gasteiger partial charge in [-0.15, -0.1) is 0 Å². The number of piperidine rings is 1. The lowest BCUT2D eigenvalue weighted by Gasteiger charge is -2.33. The molecular weight excluding hydrogens is 340 g/mol. The fourth-order valence-electron chi connectivity index (χ4n) is 4.02. The Balaban J connectivity index is 1.60. The van der Waals surface area contributed by atoms with Gasteiger partial charge in [0.2, 0.25) is 0 Å². The summed E-state index contributed by atoms with van der Waals surface area (Å²) >= 11 is 0. The SMILES string of the molecule is Cn1ccc2c(C(=O)N3CCC[C@@H](c4cccc(C(=O)O)c4)C3)cccc21. The van der Waals surface area contributed by atoms with Gasteiger partial charge in [0.15, 0.2) is 0 Å². The van der Waals surface area contributed by atoms with Gasteiger partial charge in [0.1, 0.15) is 0 Å². The average Bonchev–Trinajstić information content (AvgIpc) is 3.09. The number of likely N-dealkylation sites (tertiary alicyclic amines) is 1.